The Bertz CT molecular complexity index is 1490. The number of methoxy groups -OCH3 is 1. The number of carbonyl (C=O) groups excluding carboxylic acids is 1. The molecule has 0 saturated carbocycles. The van der Waals surface area contributed by atoms with Gasteiger partial charge in [0.15, 0.2) is 4.80 Å². The summed E-state index contributed by atoms with van der Waals surface area (Å²) in [7, 11) is 1.58. The smallest absolute Gasteiger partial charge is 0.338 e. The Balaban J connectivity index is 1.97. The molecular weight excluding hydrogens is 608 g/mol. The minimum Gasteiger partial charge on any atom is -0.494 e. The van der Waals surface area contributed by atoms with Gasteiger partial charge < -0.3 is 9.47 Å². The topological polar surface area (TPSA) is 69.9 Å². The van der Waals surface area contributed by atoms with Crippen molar-refractivity contribution in [3.63, 3.8) is 0 Å². The number of esters is 1. The molecule has 0 saturated heterocycles. The van der Waals surface area contributed by atoms with Crippen LogP contribution in [0, 0.1) is 0 Å². The zero-order chi connectivity index (χ0) is 24.6. The number of carbonyl (C=O) groups is 1. The average Bonchev–Trinajstić information content (AvgIpc) is 3.07. The van der Waals surface area contributed by atoms with Gasteiger partial charge in [-0.3, -0.25) is 9.36 Å². The van der Waals surface area contributed by atoms with E-state index in [-0.39, 0.29) is 12.2 Å². The van der Waals surface area contributed by atoms with Gasteiger partial charge in [0.1, 0.15) is 11.8 Å². The van der Waals surface area contributed by atoms with E-state index in [1.165, 1.54) is 15.9 Å². The Morgan fingerprint density at radius 1 is 1.26 bits per heavy atom. The number of halogens is 3. The van der Waals surface area contributed by atoms with Crippen molar-refractivity contribution >= 4 is 66.8 Å². The van der Waals surface area contributed by atoms with E-state index in [0.29, 0.717) is 36.9 Å². The van der Waals surface area contributed by atoms with Gasteiger partial charge in [-0.15, -0.1) is 0 Å². The molecule has 2 heterocycles. The van der Waals surface area contributed by atoms with E-state index in [2.05, 4.69) is 36.9 Å². The molecular formula is C24H19Br2ClN2O4S. The molecule has 0 fully saturated rings. The lowest BCUT2D eigenvalue weighted by molar-refractivity contribution is -0.139. The van der Waals surface area contributed by atoms with Crippen LogP contribution in [0.1, 0.15) is 31.0 Å². The van der Waals surface area contributed by atoms with E-state index in [1.54, 1.807) is 45.2 Å². The summed E-state index contributed by atoms with van der Waals surface area (Å²) in [6.45, 7) is 3.68. The van der Waals surface area contributed by atoms with Crippen molar-refractivity contribution in [1.82, 2.24) is 4.57 Å². The molecule has 0 amide bonds. The number of hydrogen-bond donors (Lipinski definition) is 0. The van der Waals surface area contributed by atoms with E-state index in [9.17, 15) is 9.59 Å². The summed E-state index contributed by atoms with van der Waals surface area (Å²) in [6, 6.07) is 10.1. The molecule has 4 rings (SSSR count). The molecule has 1 aromatic heterocycles. The predicted molar refractivity (Wildman–Crippen MR) is 140 cm³/mol. The van der Waals surface area contributed by atoms with Gasteiger partial charge in [0.2, 0.25) is 0 Å². The van der Waals surface area contributed by atoms with E-state index in [0.717, 1.165) is 14.5 Å². The fourth-order valence-corrected chi connectivity index (χ4v) is 6.62. The van der Waals surface area contributed by atoms with E-state index in [1.807, 2.05) is 18.2 Å². The zero-order valence-electron chi connectivity index (χ0n) is 18.4. The molecule has 0 spiro atoms. The number of fused-ring (bicyclic) bond motifs is 1. The van der Waals surface area contributed by atoms with Crippen LogP contribution in [0.25, 0.3) is 6.08 Å². The van der Waals surface area contributed by atoms with Crippen LogP contribution >= 0.6 is 54.8 Å². The van der Waals surface area contributed by atoms with Crippen LogP contribution in [0.15, 0.2) is 66.4 Å². The van der Waals surface area contributed by atoms with Crippen LogP contribution in [0.5, 0.6) is 5.75 Å². The average molecular weight is 627 g/mol. The number of thiazole rings is 1. The third kappa shape index (κ3) is 4.54. The first-order chi connectivity index (χ1) is 16.3. The van der Waals surface area contributed by atoms with Gasteiger partial charge >= 0.3 is 5.97 Å². The third-order valence-electron chi connectivity index (χ3n) is 5.24. The molecule has 0 unspecified atom stereocenters. The van der Waals surface area contributed by atoms with Crippen molar-refractivity contribution in [1.29, 1.82) is 0 Å². The largest absolute Gasteiger partial charge is 0.494 e. The van der Waals surface area contributed by atoms with Gasteiger partial charge in [-0.1, -0.05) is 41.1 Å². The summed E-state index contributed by atoms with van der Waals surface area (Å²) in [5.41, 5.74) is 1.94. The third-order valence-corrected chi connectivity index (χ3v) is 7.74. The maximum Gasteiger partial charge on any atom is 0.338 e. The molecule has 34 heavy (non-hydrogen) atoms. The Morgan fingerprint density at radius 2 is 1.94 bits per heavy atom. The molecule has 2 aromatic carbocycles. The molecule has 0 bridgehead atoms. The molecule has 0 aliphatic carbocycles. The highest BCUT2D eigenvalue weighted by molar-refractivity contribution is 9.11. The predicted octanol–water partition coefficient (Wildman–Crippen LogP) is 4.99. The fourth-order valence-electron chi connectivity index (χ4n) is 3.79. The normalized spacial score (nSPS) is 15.7. The lowest BCUT2D eigenvalue weighted by Crippen LogP contribution is -2.40. The fraction of sp³-hybridized carbons (Fsp3) is 0.208. The van der Waals surface area contributed by atoms with Crippen LogP contribution in [0.3, 0.4) is 0 Å². The lowest BCUT2D eigenvalue weighted by atomic mass is 9.96. The second-order valence-corrected chi connectivity index (χ2v) is 10.5. The van der Waals surface area contributed by atoms with Crippen LogP contribution in [-0.2, 0) is 9.53 Å². The van der Waals surface area contributed by atoms with Gasteiger partial charge in [-0.05, 0) is 81.1 Å². The molecule has 10 heteroatoms. The summed E-state index contributed by atoms with van der Waals surface area (Å²) < 4.78 is 14.2. The van der Waals surface area contributed by atoms with E-state index in [4.69, 9.17) is 21.1 Å². The number of allylic oxidation sites excluding steroid dienone is 1. The van der Waals surface area contributed by atoms with E-state index < -0.39 is 12.0 Å². The maximum absolute atomic E-state index is 13.7. The van der Waals surface area contributed by atoms with Crippen molar-refractivity contribution in [2.24, 2.45) is 4.99 Å². The number of nitrogens with zero attached hydrogens (tertiary/aromatic N) is 2. The number of ether oxygens (including phenoxy) is 2. The van der Waals surface area contributed by atoms with Crippen LogP contribution in [0.4, 0.5) is 0 Å². The highest BCUT2D eigenvalue weighted by Gasteiger charge is 2.34. The summed E-state index contributed by atoms with van der Waals surface area (Å²) in [5.74, 6) is 0.137. The van der Waals surface area contributed by atoms with Crippen molar-refractivity contribution in [3.05, 3.63) is 92.5 Å². The Kier molecular flexibility index (Phi) is 7.47. The zero-order valence-corrected chi connectivity index (χ0v) is 23.1. The minimum atomic E-state index is -0.750. The second-order valence-electron chi connectivity index (χ2n) is 7.34. The monoisotopic (exact) mass is 624 g/mol. The van der Waals surface area contributed by atoms with Crippen molar-refractivity contribution < 1.29 is 14.3 Å². The van der Waals surface area contributed by atoms with Gasteiger partial charge in [-0.2, -0.15) is 0 Å². The first-order valence-electron chi connectivity index (χ1n) is 10.2. The number of hydrogen-bond acceptors (Lipinski definition) is 6. The number of rotatable bonds is 5. The Morgan fingerprint density at radius 3 is 2.56 bits per heavy atom. The number of benzene rings is 2. The SMILES string of the molecule is CCOC(=O)C1=C(C)N=c2s/c(=C\c3cc(Br)c(OC)c(Br)c3)c(=O)n2[C@H]1c1ccccc1Cl. The first-order valence-corrected chi connectivity index (χ1v) is 13.0. The molecule has 176 valence electrons. The van der Waals surface area contributed by atoms with Crippen LogP contribution < -0.4 is 19.6 Å². The van der Waals surface area contributed by atoms with Crippen LogP contribution in [0.2, 0.25) is 5.02 Å². The number of aromatic nitrogens is 1. The first kappa shape index (κ1) is 24.9. The molecule has 6 nitrogen and oxygen atoms in total. The van der Waals surface area contributed by atoms with Crippen molar-refractivity contribution in [2.75, 3.05) is 13.7 Å². The quantitative estimate of drug-likeness (QED) is 0.375. The lowest BCUT2D eigenvalue weighted by Gasteiger charge is -2.25. The molecule has 0 N–H and O–H groups in total. The summed E-state index contributed by atoms with van der Waals surface area (Å²) in [4.78, 5) is 31.7. The maximum atomic E-state index is 13.7. The van der Waals surface area contributed by atoms with E-state index >= 15 is 0 Å². The highest BCUT2D eigenvalue weighted by Crippen LogP contribution is 2.35. The minimum absolute atomic E-state index is 0.205. The van der Waals surface area contributed by atoms with Crippen LogP contribution in [-0.4, -0.2) is 24.3 Å². The van der Waals surface area contributed by atoms with Gasteiger partial charge in [-0.25, -0.2) is 9.79 Å². The van der Waals surface area contributed by atoms with Crippen molar-refractivity contribution in [3.8, 4) is 5.75 Å². The standard InChI is InChI=1S/C24H19Br2ClN2O4S/c1-4-33-23(31)19-12(2)28-24-29(20(19)14-7-5-6-8-17(14)27)22(30)18(34-24)11-13-9-15(25)21(32-3)16(26)10-13/h5-11,20H,4H2,1-3H3/b18-11-/t20-/m0/s1. The van der Waals surface area contributed by atoms with Gasteiger partial charge in [0, 0.05) is 5.02 Å². The molecule has 1 aliphatic rings. The van der Waals surface area contributed by atoms with Crippen molar-refractivity contribution in [2.45, 2.75) is 19.9 Å². The molecule has 1 atom stereocenters. The summed E-state index contributed by atoms with van der Waals surface area (Å²) >= 11 is 14.8. The molecule has 0 radical (unpaired) electrons. The van der Waals surface area contributed by atoms with Gasteiger partial charge in [0.05, 0.1) is 38.5 Å². The molecule has 3 aromatic rings. The summed E-state index contributed by atoms with van der Waals surface area (Å²) in [6.07, 6.45) is 1.78. The summed E-state index contributed by atoms with van der Waals surface area (Å²) in [5, 5.41) is 0.446. The molecule has 1 aliphatic heterocycles. The second kappa shape index (κ2) is 10.2. The van der Waals surface area contributed by atoms with Gasteiger partial charge in [0.25, 0.3) is 5.56 Å². The Hall–Kier alpha value is -2.20. The Labute approximate surface area is 221 Å². The highest BCUT2D eigenvalue weighted by atomic mass is 79.9.